The molecule has 1 aliphatic rings. The van der Waals surface area contributed by atoms with Gasteiger partial charge < -0.3 is 15.2 Å². The van der Waals surface area contributed by atoms with E-state index in [4.69, 9.17) is 4.74 Å². The normalized spacial score (nSPS) is 18.9. The van der Waals surface area contributed by atoms with Crippen LogP contribution >= 0.6 is 0 Å². The minimum Gasteiger partial charge on any atom is -0.481 e. The van der Waals surface area contributed by atoms with Crippen LogP contribution in [0, 0.1) is 5.41 Å². The van der Waals surface area contributed by atoms with Crippen LogP contribution in [0.15, 0.2) is 0 Å². The Kier molecular flexibility index (Phi) is 5.16. The van der Waals surface area contributed by atoms with Gasteiger partial charge in [0.25, 0.3) is 0 Å². The predicted octanol–water partition coefficient (Wildman–Crippen LogP) is 1.33. The van der Waals surface area contributed by atoms with Crippen molar-refractivity contribution in [1.82, 2.24) is 5.32 Å². The SMILES string of the molecule is O=C(CCC(F)(F)F)NCC1(C(=O)O)CCOCC1. The van der Waals surface area contributed by atoms with Gasteiger partial charge in [-0.25, -0.2) is 0 Å². The molecule has 0 radical (unpaired) electrons. The number of aliphatic carboxylic acids is 1. The summed E-state index contributed by atoms with van der Waals surface area (Å²) in [7, 11) is 0. The minimum absolute atomic E-state index is 0.164. The van der Waals surface area contributed by atoms with Crippen LogP contribution in [0.2, 0.25) is 0 Å². The second-order valence-corrected chi connectivity index (χ2v) is 4.59. The Bertz CT molecular complexity index is 337. The molecular weight excluding hydrogens is 267 g/mol. The van der Waals surface area contributed by atoms with Gasteiger partial charge in [0, 0.05) is 26.2 Å². The van der Waals surface area contributed by atoms with Gasteiger partial charge in [-0.3, -0.25) is 9.59 Å². The maximum absolute atomic E-state index is 11.9. The second kappa shape index (κ2) is 6.23. The number of ether oxygens (including phenoxy) is 1. The first-order valence-electron chi connectivity index (χ1n) is 5.90. The Balaban J connectivity index is 2.44. The molecule has 0 aromatic carbocycles. The molecule has 0 aliphatic carbocycles. The van der Waals surface area contributed by atoms with E-state index in [1.807, 2.05) is 0 Å². The highest BCUT2D eigenvalue weighted by Crippen LogP contribution is 2.30. The van der Waals surface area contributed by atoms with E-state index in [9.17, 15) is 27.9 Å². The van der Waals surface area contributed by atoms with Crippen LogP contribution in [0.1, 0.15) is 25.7 Å². The fourth-order valence-electron chi connectivity index (χ4n) is 1.84. The largest absolute Gasteiger partial charge is 0.481 e. The van der Waals surface area contributed by atoms with Crippen molar-refractivity contribution in [3.63, 3.8) is 0 Å². The average Bonchev–Trinajstić information content (AvgIpc) is 2.34. The lowest BCUT2D eigenvalue weighted by Gasteiger charge is -2.33. The molecule has 1 fully saturated rings. The summed E-state index contributed by atoms with van der Waals surface area (Å²) in [5, 5.41) is 11.4. The lowest BCUT2D eigenvalue weighted by molar-refractivity contribution is -0.155. The smallest absolute Gasteiger partial charge is 0.389 e. The summed E-state index contributed by atoms with van der Waals surface area (Å²) < 4.78 is 40.8. The van der Waals surface area contributed by atoms with E-state index in [1.54, 1.807) is 0 Å². The van der Waals surface area contributed by atoms with Gasteiger partial charge in [-0.15, -0.1) is 0 Å². The first-order valence-corrected chi connectivity index (χ1v) is 5.90. The molecule has 0 spiro atoms. The molecule has 0 saturated carbocycles. The van der Waals surface area contributed by atoms with Crippen molar-refractivity contribution in [2.24, 2.45) is 5.41 Å². The first kappa shape index (κ1) is 15.7. The van der Waals surface area contributed by atoms with Crippen LogP contribution in [-0.4, -0.2) is 42.9 Å². The van der Waals surface area contributed by atoms with E-state index in [-0.39, 0.29) is 32.6 Å². The van der Waals surface area contributed by atoms with Crippen molar-refractivity contribution in [1.29, 1.82) is 0 Å². The molecule has 1 aliphatic heterocycles. The van der Waals surface area contributed by atoms with Gasteiger partial charge in [0.1, 0.15) is 0 Å². The number of nitrogens with one attached hydrogen (secondary N) is 1. The van der Waals surface area contributed by atoms with E-state index in [0.29, 0.717) is 0 Å². The van der Waals surface area contributed by atoms with Gasteiger partial charge in [-0.1, -0.05) is 0 Å². The Morgan fingerprint density at radius 1 is 1.26 bits per heavy atom. The Morgan fingerprint density at radius 2 is 1.84 bits per heavy atom. The number of carbonyl (C=O) groups excluding carboxylic acids is 1. The van der Waals surface area contributed by atoms with Crippen LogP contribution in [0.4, 0.5) is 13.2 Å². The molecule has 5 nitrogen and oxygen atoms in total. The van der Waals surface area contributed by atoms with Gasteiger partial charge in [0.2, 0.25) is 5.91 Å². The molecule has 110 valence electrons. The fraction of sp³-hybridized carbons (Fsp3) is 0.818. The van der Waals surface area contributed by atoms with Crippen LogP contribution < -0.4 is 5.32 Å². The predicted molar refractivity (Wildman–Crippen MR) is 58.4 cm³/mol. The summed E-state index contributed by atoms with van der Waals surface area (Å²) in [4.78, 5) is 22.5. The summed E-state index contributed by atoms with van der Waals surface area (Å²) in [6.07, 6.45) is -5.80. The number of carboxylic acids is 1. The topological polar surface area (TPSA) is 75.6 Å². The zero-order chi connectivity index (χ0) is 14.5. The van der Waals surface area contributed by atoms with Gasteiger partial charge >= 0.3 is 12.1 Å². The quantitative estimate of drug-likeness (QED) is 0.798. The van der Waals surface area contributed by atoms with E-state index in [0.717, 1.165) is 0 Å². The van der Waals surface area contributed by atoms with Crippen LogP contribution in [-0.2, 0) is 14.3 Å². The highest BCUT2D eigenvalue weighted by atomic mass is 19.4. The zero-order valence-corrected chi connectivity index (χ0v) is 10.3. The Morgan fingerprint density at radius 3 is 2.32 bits per heavy atom. The van der Waals surface area contributed by atoms with Crippen LogP contribution in [0.25, 0.3) is 0 Å². The van der Waals surface area contributed by atoms with Crippen molar-refractivity contribution in [3.8, 4) is 0 Å². The highest BCUT2D eigenvalue weighted by Gasteiger charge is 2.40. The number of hydrogen-bond donors (Lipinski definition) is 2. The number of alkyl halides is 3. The molecule has 1 heterocycles. The maximum atomic E-state index is 11.9. The molecule has 19 heavy (non-hydrogen) atoms. The third-order valence-corrected chi connectivity index (χ3v) is 3.16. The van der Waals surface area contributed by atoms with Crippen molar-refractivity contribution >= 4 is 11.9 Å². The monoisotopic (exact) mass is 283 g/mol. The Hall–Kier alpha value is -1.31. The van der Waals surface area contributed by atoms with E-state index in [2.05, 4.69) is 5.32 Å². The summed E-state index contributed by atoms with van der Waals surface area (Å²) in [6, 6.07) is 0. The zero-order valence-electron chi connectivity index (χ0n) is 10.3. The van der Waals surface area contributed by atoms with Crippen molar-refractivity contribution < 1.29 is 32.6 Å². The standard InChI is InChI=1S/C11H16F3NO4/c12-11(13,14)2-1-8(16)15-7-10(9(17)18)3-5-19-6-4-10/h1-7H2,(H,15,16)(H,17,18). The summed E-state index contributed by atoms with van der Waals surface area (Å²) in [5.74, 6) is -1.85. The second-order valence-electron chi connectivity index (χ2n) is 4.59. The number of amides is 1. The molecular formula is C11H16F3NO4. The number of hydrogen-bond acceptors (Lipinski definition) is 3. The third-order valence-electron chi connectivity index (χ3n) is 3.16. The number of carbonyl (C=O) groups is 2. The number of halogens is 3. The lowest BCUT2D eigenvalue weighted by Crippen LogP contribution is -2.46. The molecule has 0 aromatic heterocycles. The maximum Gasteiger partial charge on any atom is 0.389 e. The van der Waals surface area contributed by atoms with Gasteiger partial charge in [-0.2, -0.15) is 13.2 Å². The minimum atomic E-state index is -4.39. The summed E-state index contributed by atoms with van der Waals surface area (Å²) >= 11 is 0. The molecule has 1 amide bonds. The molecule has 0 aromatic rings. The van der Waals surface area contributed by atoms with Crippen LogP contribution in [0.3, 0.4) is 0 Å². The molecule has 0 atom stereocenters. The van der Waals surface area contributed by atoms with E-state index < -0.39 is 36.3 Å². The molecule has 1 rings (SSSR count). The average molecular weight is 283 g/mol. The van der Waals surface area contributed by atoms with Crippen molar-refractivity contribution in [2.75, 3.05) is 19.8 Å². The van der Waals surface area contributed by atoms with E-state index >= 15 is 0 Å². The molecule has 8 heteroatoms. The third kappa shape index (κ3) is 5.06. The van der Waals surface area contributed by atoms with Crippen molar-refractivity contribution in [2.45, 2.75) is 31.9 Å². The lowest BCUT2D eigenvalue weighted by atomic mass is 9.80. The fourth-order valence-corrected chi connectivity index (χ4v) is 1.84. The first-order chi connectivity index (χ1) is 8.75. The Labute approximate surface area is 108 Å². The number of carboxylic acid groups (broad SMARTS) is 1. The molecule has 0 bridgehead atoms. The van der Waals surface area contributed by atoms with Crippen LogP contribution in [0.5, 0.6) is 0 Å². The van der Waals surface area contributed by atoms with E-state index in [1.165, 1.54) is 0 Å². The molecule has 0 unspecified atom stereocenters. The molecule has 1 saturated heterocycles. The van der Waals surface area contributed by atoms with Crippen molar-refractivity contribution in [3.05, 3.63) is 0 Å². The van der Waals surface area contributed by atoms with Gasteiger partial charge in [-0.05, 0) is 12.8 Å². The van der Waals surface area contributed by atoms with Gasteiger partial charge in [0.05, 0.1) is 11.8 Å². The summed E-state index contributed by atoms with van der Waals surface area (Å²) in [6.45, 7) is 0.373. The van der Waals surface area contributed by atoms with Gasteiger partial charge in [0.15, 0.2) is 0 Å². The molecule has 2 N–H and O–H groups in total. The number of rotatable bonds is 5. The summed E-state index contributed by atoms with van der Waals surface area (Å²) in [5.41, 5.74) is -1.13. The highest BCUT2D eigenvalue weighted by molar-refractivity contribution is 5.79.